The molecule has 2 aromatic carbocycles. The maximum absolute atomic E-state index is 2.84. The van der Waals surface area contributed by atoms with E-state index >= 15 is 0 Å². The highest BCUT2D eigenvalue weighted by Gasteiger charge is 2.48. The summed E-state index contributed by atoms with van der Waals surface area (Å²) in [6.45, 7) is 8.63. The predicted octanol–water partition coefficient (Wildman–Crippen LogP) is 3.47. The van der Waals surface area contributed by atoms with Crippen molar-refractivity contribution < 1.29 is 0 Å². The summed E-state index contributed by atoms with van der Waals surface area (Å²) in [7, 11) is 0. The molecule has 3 aliphatic rings. The van der Waals surface area contributed by atoms with Gasteiger partial charge in [-0.05, 0) is 37.1 Å². The SMILES string of the molecule is c1ccc(CN2CCC(N3C[C@H]4CN(Cc5ccccc5)C[C@H]43)CC2)cc1. The molecule has 3 fully saturated rings. The normalized spacial score (nSPS) is 27.4. The Morgan fingerprint density at radius 3 is 1.89 bits per heavy atom. The summed E-state index contributed by atoms with van der Waals surface area (Å²) < 4.78 is 0. The van der Waals surface area contributed by atoms with Gasteiger partial charge in [0.05, 0.1) is 0 Å². The van der Waals surface area contributed by atoms with Crippen molar-refractivity contribution in [1.82, 2.24) is 14.7 Å². The number of rotatable bonds is 5. The first-order valence-corrected chi connectivity index (χ1v) is 10.6. The quantitative estimate of drug-likeness (QED) is 0.807. The third-order valence-corrected chi connectivity index (χ3v) is 6.88. The summed E-state index contributed by atoms with van der Waals surface area (Å²) in [5, 5.41) is 0. The average Bonchev–Trinajstić information content (AvgIpc) is 3.01. The molecule has 3 saturated heterocycles. The van der Waals surface area contributed by atoms with Crippen LogP contribution in [-0.4, -0.2) is 59.5 Å². The van der Waals surface area contributed by atoms with Crippen molar-refractivity contribution in [3.8, 4) is 0 Å². The Labute approximate surface area is 163 Å². The van der Waals surface area contributed by atoms with Crippen LogP contribution in [0.3, 0.4) is 0 Å². The zero-order valence-corrected chi connectivity index (χ0v) is 16.2. The zero-order chi connectivity index (χ0) is 18.1. The van der Waals surface area contributed by atoms with Crippen LogP contribution in [0.1, 0.15) is 24.0 Å². The first kappa shape index (κ1) is 17.4. The summed E-state index contributed by atoms with van der Waals surface area (Å²) in [4.78, 5) is 8.16. The van der Waals surface area contributed by atoms with Gasteiger partial charge in [0, 0.05) is 50.7 Å². The number of hydrogen-bond acceptors (Lipinski definition) is 3. The van der Waals surface area contributed by atoms with E-state index in [1.54, 1.807) is 0 Å². The van der Waals surface area contributed by atoms with E-state index in [0.29, 0.717) is 0 Å². The molecule has 0 saturated carbocycles. The molecule has 3 heterocycles. The Balaban J connectivity index is 1.10. The fraction of sp³-hybridized carbons (Fsp3) is 0.500. The van der Waals surface area contributed by atoms with Crippen molar-refractivity contribution in [3.63, 3.8) is 0 Å². The molecule has 0 spiro atoms. The average molecular weight is 362 g/mol. The molecule has 2 atom stereocenters. The molecule has 0 amide bonds. The Morgan fingerprint density at radius 1 is 0.667 bits per heavy atom. The second-order valence-corrected chi connectivity index (χ2v) is 8.70. The van der Waals surface area contributed by atoms with Crippen molar-refractivity contribution in [3.05, 3.63) is 71.8 Å². The largest absolute Gasteiger partial charge is 0.299 e. The van der Waals surface area contributed by atoms with Gasteiger partial charge in [0.2, 0.25) is 0 Å². The van der Waals surface area contributed by atoms with Crippen LogP contribution in [0.15, 0.2) is 60.7 Å². The summed E-state index contributed by atoms with van der Waals surface area (Å²) >= 11 is 0. The molecule has 2 aromatic rings. The van der Waals surface area contributed by atoms with E-state index in [-0.39, 0.29) is 0 Å². The highest BCUT2D eigenvalue weighted by atomic mass is 15.3. The number of nitrogens with zero attached hydrogens (tertiary/aromatic N) is 3. The predicted molar refractivity (Wildman–Crippen MR) is 110 cm³/mol. The Hall–Kier alpha value is -1.68. The first-order valence-electron chi connectivity index (χ1n) is 10.6. The minimum Gasteiger partial charge on any atom is -0.299 e. The molecule has 0 bridgehead atoms. The molecule has 0 aliphatic carbocycles. The maximum atomic E-state index is 2.84. The van der Waals surface area contributed by atoms with Crippen LogP contribution in [0.2, 0.25) is 0 Å². The zero-order valence-electron chi connectivity index (χ0n) is 16.2. The second kappa shape index (κ2) is 7.75. The Kier molecular flexibility index (Phi) is 5.00. The minimum atomic E-state index is 0.815. The second-order valence-electron chi connectivity index (χ2n) is 8.70. The first-order chi connectivity index (χ1) is 13.3. The van der Waals surface area contributed by atoms with E-state index < -0.39 is 0 Å². The van der Waals surface area contributed by atoms with Crippen LogP contribution in [0.4, 0.5) is 0 Å². The van der Waals surface area contributed by atoms with Gasteiger partial charge in [0.15, 0.2) is 0 Å². The molecular weight excluding hydrogens is 330 g/mol. The number of likely N-dealkylation sites (tertiary alicyclic amines) is 3. The number of hydrogen-bond donors (Lipinski definition) is 0. The van der Waals surface area contributed by atoms with E-state index in [2.05, 4.69) is 75.4 Å². The van der Waals surface area contributed by atoms with Gasteiger partial charge in [-0.15, -0.1) is 0 Å². The van der Waals surface area contributed by atoms with Crippen LogP contribution in [0, 0.1) is 5.92 Å². The Bertz CT molecular complexity index is 724. The van der Waals surface area contributed by atoms with Gasteiger partial charge in [-0.1, -0.05) is 60.7 Å². The van der Waals surface area contributed by atoms with Crippen LogP contribution in [0.25, 0.3) is 0 Å². The molecule has 3 nitrogen and oxygen atoms in total. The monoisotopic (exact) mass is 361 g/mol. The van der Waals surface area contributed by atoms with Crippen LogP contribution in [-0.2, 0) is 13.1 Å². The molecule has 0 N–H and O–H groups in total. The smallest absolute Gasteiger partial charge is 0.0279 e. The van der Waals surface area contributed by atoms with Crippen molar-refractivity contribution in [2.24, 2.45) is 5.92 Å². The number of piperidine rings is 1. The topological polar surface area (TPSA) is 9.72 Å². The van der Waals surface area contributed by atoms with Crippen molar-refractivity contribution in [2.45, 2.75) is 38.0 Å². The fourth-order valence-electron chi connectivity index (χ4n) is 5.41. The van der Waals surface area contributed by atoms with Gasteiger partial charge in [-0.25, -0.2) is 0 Å². The summed E-state index contributed by atoms with van der Waals surface area (Å²) in [6.07, 6.45) is 2.68. The lowest BCUT2D eigenvalue weighted by atomic mass is 9.87. The molecule has 0 aromatic heterocycles. The highest BCUT2D eigenvalue weighted by Crippen LogP contribution is 2.37. The third-order valence-electron chi connectivity index (χ3n) is 6.88. The van der Waals surface area contributed by atoms with Gasteiger partial charge in [0.25, 0.3) is 0 Å². The maximum Gasteiger partial charge on any atom is 0.0279 e. The van der Waals surface area contributed by atoms with Gasteiger partial charge < -0.3 is 0 Å². The van der Waals surface area contributed by atoms with Gasteiger partial charge in [-0.3, -0.25) is 14.7 Å². The van der Waals surface area contributed by atoms with E-state index in [0.717, 1.165) is 31.1 Å². The van der Waals surface area contributed by atoms with Crippen molar-refractivity contribution in [1.29, 1.82) is 0 Å². The molecule has 27 heavy (non-hydrogen) atoms. The summed E-state index contributed by atoms with van der Waals surface area (Å²) in [5.41, 5.74) is 2.91. The van der Waals surface area contributed by atoms with E-state index in [4.69, 9.17) is 0 Å². The lowest BCUT2D eigenvalue weighted by molar-refractivity contribution is -0.0178. The minimum absolute atomic E-state index is 0.815. The molecule has 3 heteroatoms. The van der Waals surface area contributed by atoms with Gasteiger partial charge in [-0.2, -0.15) is 0 Å². The number of fused-ring (bicyclic) bond motifs is 1. The van der Waals surface area contributed by atoms with Gasteiger partial charge in [0.1, 0.15) is 0 Å². The van der Waals surface area contributed by atoms with Gasteiger partial charge >= 0.3 is 0 Å². The Morgan fingerprint density at radius 2 is 1.26 bits per heavy atom. The summed E-state index contributed by atoms with van der Waals surface area (Å²) in [6, 6.07) is 23.5. The molecular formula is C24H31N3. The summed E-state index contributed by atoms with van der Waals surface area (Å²) in [5.74, 6) is 0.913. The molecule has 0 radical (unpaired) electrons. The van der Waals surface area contributed by atoms with E-state index in [9.17, 15) is 0 Å². The third kappa shape index (κ3) is 3.82. The van der Waals surface area contributed by atoms with Crippen LogP contribution >= 0.6 is 0 Å². The lowest BCUT2D eigenvalue weighted by Gasteiger charge is -2.50. The van der Waals surface area contributed by atoms with Crippen molar-refractivity contribution in [2.75, 3.05) is 32.7 Å². The standard InChI is InChI=1S/C24H31N3/c1-3-7-20(8-4-1)15-25-13-11-23(12-14-25)27-18-22-17-26(19-24(22)27)16-21-9-5-2-6-10-21/h1-10,22-24H,11-19H2/t22-,24-/m1/s1. The lowest BCUT2D eigenvalue weighted by Crippen LogP contribution is -2.61. The molecule has 142 valence electrons. The highest BCUT2D eigenvalue weighted by molar-refractivity contribution is 5.16. The van der Waals surface area contributed by atoms with Crippen LogP contribution in [0.5, 0.6) is 0 Å². The van der Waals surface area contributed by atoms with E-state index in [1.165, 1.54) is 56.7 Å². The van der Waals surface area contributed by atoms with Crippen LogP contribution < -0.4 is 0 Å². The number of benzene rings is 2. The molecule has 0 unspecified atom stereocenters. The van der Waals surface area contributed by atoms with E-state index in [1.807, 2.05) is 0 Å². The molecule has 5 rings (SSSR count). The van der Waals surface area contributed by atoms with Crippen molar-refractivity contribution >= 4 is 0 Å². The fourth-order valence-corrected chi connectivity index (χ4v) is 5.41. The molecule has 3 aliphatic heterocycles.